The van der Waals surface area contributed by atoms with Crippen LogP contribution in [-0.4, -0.2) is 32.4 Å². The summed E-state index contributed by atoms with van der Waals surface area (Å²) in [7, 11) is 3.04. The van der Waals surface area contributed by atoms with Gasteiger partial charge in [-0.05, 0) is 43.0 Å². The third-order valence-corrected chi connectivity index (χ3v) is 3.33. The van der Waals surface area contributed by atoms with Crippen molar-refractivity contribution in [3.05, 3.63) is 42.0 Å². The summed E-state index contributed by atoms with van der Waals surface area (Å²) in [5.41, 5.74) is 1.27. The minimum absolute atomic E-state index is 0.0689. The Morgan fingerprint density at radius 2 is 2.25 bits per heavy atom. The Kier molecular flexibility index (Phi) is 5.18. The Bertz CT molecular complexity index is 481. The van der Waals surface area contributed by atoms with Gasteiger partial charge < -0.3 is 14.2 Å². The van der Waals surface area contributed by atoms with Gasteiger partial charge in [-0.15, -0.1) is 0 Å². The molecule has 108 valence electrons. The van der Waals surface area contributed by atoms with Crippen molar-refractivity contribution < 1.29 is 19.0 Å². The monoisotopic (exact) mass is 276 g/mol. The molecule has 0 amide bonds. The average Bonchev–Trinajstić information content (AvgIpc) is 3.23. The van der Waals surface area contributed by atoms with Crippen LogP contribution in [0.5, 0.6) is 5.75 Å². The van der Waals surface area contributed by atoms with E-state index < -0.39 is 0 Å². The Morgan fingerprint density at radius 1 is 1.40 bits per heavy atom. The number of hydrogen-bond acceptors (Lipinski definition) is 4. The molecule has 0 unspecified atom stereocenters. The number of aryl methyl sites for hydroxylation is 1. The van der Waals surface area contributed by atoms with E-state index in [0.29, 0.717) is 0 Å². The van der Waals surface area contributed by atoms with Gasteiger partial charge in [0.25, 0.3) is 0 Å². The highest BCUT2D eigenvalue weighted by molar-refractivity contribution is 5.81. The first-order valence-corrected chi connectivity index (χ1v) is 6.77. The number of carbonyl (C=O) groups is 1. The molecule has 0 spiro atoms. The van der Waals surface area contributed by atoms with Crippen LogP contribution in [0.4, 0.5) is 0 Å². The maximum absolute atomic E-state index is 10.9. The molecule has 1 aliphatic heterocycles. The summed E-state index contributed by atoms with van der Waals surface area (Å²) in [6.45, 7) is 0. The molecule has 0 bridgehead atoms. The molecule has 0 aliphatic carbocycles. The lowest BCUT2D eigenvalue weighted by Gasteiger charge is -2.03. The minimum Gasteiger partial charge on any atom is -0.497 e. The van der Waals surface area contributed by atoms with Crippen LogP contribution in [-0.2, 0) is 20.7 Å². The van der Waals surface area contributed by atoms with E-state index in [4.69, 9.17) is 9.47 Å². The number of rotatable bonds is 7. The van der Waals surface area contributed by atoms with Crippen molar-refractivity contribution in [2.45, 2.75) is 31.5 Å². The van der Waals surface area contributed by atoms with Crippen LogP contribution in [0.1, 0.15) is 18.4 Å². The van der Waals surface area contributed by atoms with E-state index in [0.717, 1.165) is 25.0 Å². The fourth-order valence-electron chi connectivity index (χ4n) is 2.13. The van der Waals surface area contributed by atoms with Crippen molar-refractivity contribution in [3.63, 3.8) is 0 Å². The minimum atomic E-state index is -0.337. The molecule has 20 heavy (non-hydrogen) atoms. The van der Waals surface area contributed by atoms with E-state index in [1.807, 2.05) is 12.1 Å². The molecule has 0 aromatic heterocycles. The highest BCUT2D eigenvalue weighted by Gasteiger charge is 2.35. The van der Waals surface area contributed by atoms with E-state index in [1.54, 1.807) is 13.2 Å². The summed E-state index contributed by atoms with van der Waals surface area (Å²) in [6, 6.07) is 8.11. The second kappa shape index (κ2) is 7.10. The Hall–Kier alpha value is -1.81. The van der Waals surface area contributed by atoms with Crippen LogP contribution in [0.15, 0.2) is 36.4 Å². The van der Waals surface area contributed by atoms with Crippen LogP contribution in [0.2, 0.25) is 0 Å². The van der Waals surface area contributed by atoms with Gasteiger partial charge in [-0.1, -0.05) is 12.1 Å². The topological polar surface area (TPSA) is 48.1 Å². The predicted octanol–water partition coefficient (Wildman–Crippen LogP) is 2.51. The molecule has 1 saturated heterocycles. The molecule has 1 heterocycles. The molecule has 2 rings (SSSR count). The van der Waals surface area contributed by atoms with Crippen molar-refractivity contribution in [1.29, 1.82) is 0 Å². The van der Waals surface area contributed by atoms with Crippen molar-refractivity contribution in [2.24, 2.45) is 0 Å². The maximum Gasteiger partial charge on any atom is 0.330 e. The normalized spacial score (nSPS) is 20.9. The summed E-state index contributed by atoms with van der Waals surface area (Å²) in [4.78, 5) is 10.9. The van der Waals surface area contributed by atoms with Crippen molar-refractivity contribution >= 4 is 5.97 Å². The van der Waals surface area contributed by atoms with Crippen LogP contribution in [0.3, 0.4) is 0 Å². The lowest BCUT2D eigenvalue weighted by molar-refractivity contribution is -0.134. The smallest absolute Gasteiger partial charge is 0.330 e. The molecule has 1 aromatic carbocycles. The number of hydrogen-bond donors (Lipinski definition) is 0. The zero-order valence-electron chi connectivity index (χ0n) is 11.9. The average molecular weight is 276 g/mol. The Labute approximate surface area is 119 Å². The van der Waals surface area contributed by atoms with Gasteiger partial charge in [0.2, 0.25) is 0 Å². The van der Waals surface area contributed by atoms with Gasteiger partial charge >= 0.3 is 5.97 Å². The largest absolute Gasteiger partial charge is 0.497 e. The van der Waals surface area contributed by atoms with Crippen molar-refractivity contribution in [2.75, 3.05) is 14.2 Å². The molecule has 2 atom stereocenters. The predicted molar refractivity (Wildman–Crippen MR) is 75.7 cm³/mol. The van der Waals surface area contributed by atoms with Crippen LogP contribution < -0.4 is 4.74 Å². The van der Waals surface area contributed by atoms with Crippen LogP contribution >= 0.6 is 0 Å². The molecular formula is C16H20O4. The standard InChI is InChI=1S/C16H20O4/c1-18-13-7-3-5-12(11-13)6-4-8-14-15(20-14)9-10-16(17)19-2/h3,5,7,9-11,14-15H,4,6,8H2,1-2H3/b10-9+/t14-,15-/m1/s1. The fourth-order valence-corrected chi connectivity index (χ4v) is 2.13. The summed E-state index contributed by atoms with van der Waals surface area (Å²) in [6.07, 6.45) is 6.55. The molecule has 1 fully saturated rings. The zero-order chi connectivity index (χ0) is 14.4. The van der Waals surface area contributed by atoms with Crippen LogP contribution in [0.25, 0.3) is 0 Å². The van der Waals surface area contributed by atoms with Gasteiger partial charge in [-0.25, -0.2) is 4.79 Å². The van der Waals surface area contributed by atoms with E-state index in [2.05, 4.69) is 16.9 Å². The highest BCUT2D eigenvalue weighted by atomic mass is 16.6. The lowest BCUT2D eigenvalue weighted by atomic mass is 10.1. The second-order valence-electron chi connectivity index (χ2n) is 4.77. The first kappa shape index (κ1) is 14.6. The fraction of sp³-hybridized carbons (Fsp3) is 0.438. The van der Waals surface area contributed by atoms with Crippen molar-refractivity contribution in [1.82, 2.24) is 0 Å². The third-order valence-electron chi connectivity index (χ3n) is 3.33. The van der Waals surface area contributed by atoms with E-state index in [9.17, 15) is 4.79 Å². The molecule has 0 saturated carbocycles. The number of ether oxygens (including phenoxy) is 3. The number of esters is 1. The molecule has 1 aromatic rings. The molecule has 1 aliphatic rings. The number of epoxide rings is 1. The van der Waals surface area contributed by atoms with Crippen molar-refractivity contribution in [3.8, 4) is 5.75 Å². The molecule has 0 N–H and O–H groups in total. The van der Waals surface area contributed by atoms with Gasteiger partial charge in [0.05, 0.1) is 20.3 Å². The molecular weight excluding hydrogens is 256 g/mol. The zero-order valence-corrected chi connectivity index (χ0v) is 11.9. The van der Waals surface area contributed by atoms with E-state index in [1.165, 1.54) is 18.7 Å². The lowest BCUT2D eigenvalue weighted by Crippen LogP contribution is -1.97. The maximum atomic E-state index is 10.9. The first-order chi connectivity index (χ1) is 9.72. The summed E-state index contributed by atoms with van der Waals surface area (Å²) < 4.78 is 15.2. The summed E-state index contributed by atoms with van der Waals surface area (Å²) >= 11 is 0. The van der Waals surface area contributed by atoms with E-state index >= 15 is 0 Å². The Morgan fingerprint density at radius 3 is 3.00 bits per heavy atom. The van der Waals surface area contributed by atoms with E-state index in [-0.39, 0.29) is 18.2 Å². The Balaban J connectivity index is 1.67. The molecule has 4 heteroatoms. The highest BCUT2D eigenvalue weighted by Crippen LogP contribution is 2.28. The number of benzene rings is 1. The van der Waals surface area contributed by atoms with Gasteiger partial charge in [0.1, 0.15) is 11.9 Å². The van der Waals surface area contributed by atoms with Gasteiger partial charge in [0, 0.05) is 6.08 Å². The van der Waals surface area contributed by atoms with Gasteiger partial charge in [-0.2, -0.15) is 0 Å². The van der Waals surface area contributed by atoms with Gasteiger partial charge in [-0.3, -0.25) is 0 Å². The number of methoxy groups -OCH3 is 2. The summed E-state index contributed by atoms with van der Waals surface area (Å²) in [5.74, 6) is 0.555. The SMILES string of the molecule is COC(=O)/C=C/[C@H]1O[C@@H]1CCCc1cccc(OC)c1. The van der Waals surface area contributed by atoms with Gasteiger partial charge in [0.15, 0.2) is 0 Å². The number of carbonyl (C=O) groups excluding carboxylic acids is 1. The first-order valence-electron chi connectivity index (χ1n) is 6.77. The van der Waals surface area contributed by atoms with Crippen LogP contribution in [0, 0.1) is 0 Å². The third kappa shape index (κ3) is 4.38. The second-order valence-corrected chi connectivity index (χ2v) is 4.77. The quantitative estimate of drug-likeness (QED) is 0.436. The summed E-state index contributed by atoms with van der Waals surface area (Å²) in [5, 5.41) is 0. The molecule has 0 radical (unpaired) electrons. The molecule has 4 nitrogen and oxygen atoms in total.